The van der Waals surface area contributed by atoms with Gasteiger partial charge < -0.3 is 15.2 Å². The van der Waals surface area contributed by atoms with Gasteiger partial charge in [-0.2, -0.15) is 0 Å². The van der Waals surface area contributed by atoms with Crippen molar-refractivity contribution in [1.82, 2.24) is 15.2 Å². The summed E-state index contributed by atoms with van der Waals surface area (Å²) in [6.07, 6.45) is 3.36. The third-order valence-corrected chi connectivity index (χ3v) is 5.42. The number of amides is 1. The van der Waals surface area contributed by atoms with E-state index in [1.54, 1.807) is 12.3 Å². The van der Waals surface area contributed by atoms with Crippen LogP contribution in [-0.4, -0.2) is 65.4 Å². The highest BCUT2D eigenvalue weighted by molar-refractivity contribution is 6.06. The Morgan fingerprint density at radius 1 is 1.38 bits per heavy atom. The normalized spacial score (nSPS) is 26.0. The summed E-state index contributed by atoms with van der Waals surface area (Å²) >= 11 is 0. The SMILES string of the molecule is Cc1ccc2nccc(C(=O)N[C@H]3C[C@H]4CO[C@@H](CCO)CN4C3)c2c1. The first-order chi connectivity index (χ1) is 12.6. The van der Waals surface area contributed by atoms with Crippen LogP contribution < -0.4 is 5.32 Å². The summed E-state index contributed by atoms with van der Waals surface area (Å²) in [5, 5.41) is 13.2. The topological polar surface area (TPSA) is 74.7 Å². The van der Waals surface area contributed by atoms with E-state index in [2.05, 4.69) is 15.2 Å². The molecule has 0 aliphatic carbocycles. The van der Waals surface area contributed by atoms with Crippen molar-refractivity contribution in [3.05, 3.63) is 41.6 Å². The average Bonchev–Trinajstić information content (AvgIpc) is 3.02. The van der Waals surface area contributed by atoms with Crippen molar-refractivity contribution in [3.63, 3.8) is 0 Å². The molecule has 3 atom stereocenters. The molecule has 0 unspecified atom stereocenters. The molecule has 1 aromatic carbocycles. The molecule has 2 saturated heterocycles. The Bertz CT molecular complexity index is 810. The van der Waals surface area contributed by atoms with Gasteiger partial charge in [0.1, 0.15) is 0 Å². The molecule has 0 bridgehead atoms. The molecule has 0 saturated carbocycles. The van der Waals surface area contributed by atoms with Crippen molar-refractivity contribution >= 4 is 16.8 Å². The van der Waals surface area contributed by atoms with Crippen LogP contribution in [0.2, 0.25) is 0 Å². The van der Waals surface area contributed by atoms with Crippen LogP contribution >= 0.6 is 0 Å². The fraction of sp³-hybridized carbons (Fsp3) is 0.500. The van der Waals surface area contributed by atoms with E-state index in [-0.39, 0.29) is 24.7 Å². The zero-order valence-corrected chi connectivity index (χ0v) is 15.0. The maximum atomic E-state index is 12.9. The molecule has 6 heteroatoms. The largest absolute Gasteiger partial charge is 0.396 e. The molecule has 0 spiro atoms. The van der Waals surface area contributed by atoms with Gasteiger partial charge in [-0.3, -0.25) is 14.7 Å². The number of carbonyl (C=O) groups is 1. The Morgan fingerprint density at radius 2 is 2.27 bits per heavy atom. The average molecular weight is 355 g/mol. The first kappa shape index (κ1) is 17.4. The number of ether oxygens (including phenoxy) is 1. The number of aliphatic hydroxyl groups is 1. The number of hydrogen-bond donors (Lipinski definition) is 2. The van der Waals surface area contributed by atoms with Crippen molar-refractivity contribution < 1.29 is 14.6 Å². The van der Waals surface area contributed by atoms with Crippen LogP contribution in [0.15, 0.2) is 30.5 Å². The zero-order valence-electron chi connectivity index (χ0n) is 15.0. The molecule has 0 radical (unpaired) electrons. The summed E-state index contributed by atoms with van der Waals surface area (Å²) < 4.78 is 5.82. The lowest BCUT2D eigenvalue weighted by Gasteiger charge is -2.34. The standard InChI is InChI=1S/C20H25N3O3/c1-13-2-3-19-18(8-13)17(4-6-21-19)20(25)22-14-9-15-12-26-16(5-7-24)11-23(15)10-14/h2-4,6,8,14-16,24H,5,7,9-12H2,1H3,(H,22,25)/t14-,15-,16-/m0/s1. The van der Waals surface area contributed by atoms with Gasteiger partial charge in [0.15, 0.2) is 0 Å². The van der Waals surface area contributed by atoms with E-state index in [1.807, 2.05) is 25.1 Å². The molecule has 2 fully saturated rings. The third kappa shape index (κ3) is 3.45. The highest BCUT2D eigenvalue weighted by atomic mass is 16.5. The summed E-state index contributed by atoms with van der Waals surface area (Å²) in [4.78, 5) is 19.6. The number of fused-ring (bicyclic) bond motifs is 2. The molecule has 2 N–H and O–H groups in total. The van der Waals surface area contributed by atoms with Crippen LogP contribution in [-0.2, 0) is 4.74 Å². The van der Waals surface area contributed by atoms with E-state index in [0.717, 1.165) is 36.0 Å². The molecule has 2 aliphatic heterocycles. The van der Waals surface area contributed by atoms with Gasteiger partial charge in [0.05, 0.1) is 23.8 Å². The van der Waals surface area contributed by atoms with E-state index in [4.69, 9.17) is 9.84 Å². The lowest BCUT2D eigenvalue weighted by atomic mass is 10.1. The van der Waals surface area contributed by atoms with Gasteiger partial charge in [-0.15, -0.1) is 0 Å². The Hall–Kier alpha value is -2.02. The minimum atomic E-state index is -0.0410. The van der Waals surface area contributed by atoms with Gasteiger partial charge in [0, 0.05) is 43.4 Å². The van der Waals surface area contributed by atoms with Crippen molar-refractivity contribution in [2.24, 2.45) is 0 Å². The molecule has 138 valence electrons. The lowest BCUT2D eigenvalue weighted by molar-refractivity contribution is -0.0566. The van der Waals surface area contributed by atoms with Crippen molar-refractivity contribution in [3.8, 4) is 0 Å². The number of aliphatic hydroxyl groups excluding tert-OH is 1. The zero-order chi connectivity index (χ0) is 18.1. The molecule has 4 rings (SSSR count). The van der Waals surface area contributed by atoms with Crippen LogP contribution in [0, 0.1) is 6.92 Å². The number of rotatable bonds is 4. The number of aromatic nitrogens is 1. The van der Waals surface area contributed by atoms with Crippen LogP contribution in [0.4, 0.5) is 0 Å². The van der Waals surface area contributed by atoms with E-state index >= 15 is 0 Å². The van der Waals surface area contributed by atoms with Crippen molar-refractivity contribution in [1.29, 1.82) is 0 Å². The minimum absolute atomic E-state index is 0.0410. The molecule has 1 aromatic heterocycles. The van der Waals surface area contributed by atoms with Crippen LogP contribution in [0.25, 0.3) is 10.9 Å². The van der Waals surface area contributed by atoms with Gasteiger partial charge in [-0.1, -0.05) is 11.6 Å². The Labute approximate surface area is 153 Å². The fourth-order valence-corrected chi connectivity index (χ4v) is 4.09. The van der Waals surface area contributed by atoms with E-state index in [1.165, 1.54) is 0 Å². The predicted molar refractivity (Wildman–Crippen MR) is 99.2 cm³/mol. The molecule has 2 aliphatic rings. The summed E-state index contributed by atoms with van der Waals surface area (Å²) in [5.41, 5.74) is 2.63. The molecule has 3 heterocycles. The number of nitrogens with one attached hydrogen (secondary N) is 1. The molecule has 6 nitrogen and oxygen atoms in total. The summed E-state index contributed by atoms with van der Waals surface area (Å²) in [6, 6.07) is 8.25. The Balaban J connectivity index is 1.46. The summed E-state index contributed by atoms with van der Waals surface area (Å²) in [7, 11) is 0. The number of nitrogens with zero attached hydrogens (tertiary/aromatic N) is 2. The van der Waals surface area contributed by atoms with Gasteiger partial charge >= 0.3 is 0 Å². The number of aryl methyl sites for hydroxylation is 1. The van der Waals surface area contributed by atoms with E-state index < -0.39 is 0 Å². The van der Waals surface area contributed by atoms with Gasteiger partial charge in [0.2, 0.25) is 0 Å². The highest BCUT2D eigenvalue weighted by Crippen LogP contribution is 2.25. The highest BCUT2D eigenvalue weighted by Gasteiger charge is 2.37. The van der Waals surface area contributed by atoms with Crippen molar-refractivity contribution in [2.45, 2.75) is 38.0 Å². The molecule has 2 aromatic rings. The van der Waals surface area contributed by atoms with Crippen molar-refractivity contribution in [2.75, 3.05) is 26.3 Å². The summed E-state index contributed by atoms with van der Waals surface area (Å²) in [5.74, 6) is -0.0410. The Morgan fingerprint density at radius 3 is 3.12 bits per heavy atom. The number of pyridine rings is 1. The number of morpholine rings is 1. The van der Waals surface area contributed by atoms with Gasteiger partial charge in [-0.05, 0) is 38.0 Å². The molecule has 26 heavy (non-hydrogen) atoms. The van der Waals surface area contributed by atoms with Crippen LogP contribution in [0.5, 0.6) is 0 Å². The molecular weight excluding hydrogens is 330 g/mol. The second kappa shape index (κ2) is 7.31. The number of benzene rings is 1. The number of hydrogen-bond acceptors (Lipinski definition) is 5. The van der Waals surface area contributed by atoms with Crippen LogP contribution in [0.3, 0.4) is 0 Å². The summed E-state index contributed by atoms with van der Waals surface area (Å²) in [6.45, 7) is 4.51. The first-order valence-corrected chi connectivity index (χ1v) is 9.27. The van der Waals surface area contributed by atoms with E-state index in [0.29, 0.717) is 24.6 Å². The maximum absolute atomic E-state index is 12.9. The number of carbonyl (C=O) groups excluding carboxylic acids is 1. The quantitative estimate of drug-likeness (QED) is 0.869. The van der Waals surface area contributed by atoms with E-state index in [9.17, 15) is 4.79 Å². The monoisotopic (exact) mass is 355 g/mol. The Kier molecular flexibility index (Phi) is 4.89. The molecule has 1 amide bonds. The fourth-order valence-electron chi connectivity index (χ4n) is 4.09. The molecular formula is C20H25N3O3. The smallest absolute Gasteiger partial charge is 0.252 e. The predicted octanol–water partition coefficient (Wildman–Crippen LogP) is 1.50. The first-order valence-electron chi connectivity index (χ1n) is 9.27. The lowest BCUT2D eigenvalue weighted by Crippen LogP contribution is -2.46. The second-order valence-electron chi connectivity index (χ2n) is 7.36. The maximum Gasteiger partial charge on any atom is 0.252 e. The third-order valence-electron chi connectivity index (χ3n) is 5.42. The van der Waals surface area contributed by atoms with Gasteiger partial charge in [0.25, 0.3) is 5.91 Å². The second-order valence-corrected chi connectivity index (χ2v) is 7.36. The minimum Gasteiger partial charge on any atom is -0.396 e. The van der Waals surface area contributed by atoms with Crippen LogP contribution in [0.1, 0.15) is 28.8 Å². The van der Waals surface area contributed by atoms with Gasteiger partial charge in [-0.25, -0.2) is 0 Å².